The number of nitrogens with one attached hydrogen (secondary N) is 2. The van der Waals surface area contributed by atoms with Crippen molar-refractivity contribution in [3.63, 3.8) is 0 Å². The highest BCUT2D eigenvalue weighted by Crippen LogP contribution is 2.30. The summed E-state index contributed by atoms with van der Waals surface area (Å²) in [6.45, 7) is 13.5. The van der Waals surface area contributed by atoms with Crippen LogP contribution in [0.25, 0.3) is 5.70 Å². The van der Waals surface area contributed by atoms with Gasteiger partial charge in [-0.1, -0.05) is 36.4 Å². The monoisotopic (exact) mass is 485 g/mol. The second-order valence-electron chi connectivity index (χ2n) is 9.94. The van der Waals surface area contributed by atoms with Gasteiger partial charge in [-0.3, -0.25) is 0 Å². The van der Waals surface area contributed by atoms with Crippen molar-refractivity contribution in [3.05, 3.63) is 65.2 Å². The maximum Gasteiger partial charge on any atom is 0.407 e. The molecule has 1 atom stereocenters. The molecule has 0 spiro atoms. The third-order valence-electron chi connectivity index (χ3n) is 5.77. The summed E-state index contributed by atoms with van der Waals surface area (Å²) in [7, 11) is 0. The summed E-state index contributed by atoms with van der Waals surface area (Å²) in [5, 5.41) is 16.9. The standard InChI is InChI=1S/C27H36ClN3O3/c1-18(29-19(2)25-23(28)7-6-8-24(25)32)17-20-9-11-22(12-10-20)31-15-13-21(14-16-31)30-26(33)34-27(3,4)5/h6-12,18,21,29,32H,2,13-17H2,1,3-5H3,(H,30,33). The first-order chi connectivity index (χ1) is 16.0. The third kappa shape index (κ3) is 7.32. The van der Waals surface area contributed by atoms with Crippen molar-refractivity contribution in [2.24, 2.45) is 0 Å². The fraction of sp³-hybridized carbons (Fsp3) is 0.444. The van der Waals surface area contributed by atoms with Gasteiger partial charge in [-0.25, -0.2) is 4.79 Å². The van der Waals surface area contributed by atoms with Gasteiger partial charge in [-0.15, -0.1) is 0 Å². The minimum absolute atomic E-state index is 0.115. The van der Waals surface area contributed by atoms with Gasteiger partial charge in [0, 0.05) is 36.6 Å². The quantitative estimate of drug-likeness (QED) is 0.467. The molecule has 1 saturated heterocycles. The normalized spacial score (nSPS) is 15.5. The van der Waals surface area contributed by atoms with Crippen molar-refractivity contribution in [2.45, 2.75) is 64.6 Å². The molecular formula is C27H36ClN3O3. The number of halogens is 1. The summed E-state index contributed by atoms with van der Waals surface area (Å²) in [6.07, 6.45) is 2.25. The van der Waals surface area contributed by atoms with E-state index in [1.54, 1.807) is 18.2 Å². The topological polar surface area (TPSA) is 73.8 Å². The highest BCUT2D eigenvalue weighted by atomic mass is 35.5. The minimum atomic E-state index is -0.483. The van der Waals surface area contributed by atoms with Crippen LogP contribution in [0.5, 0.6) is 5.75 Å². The molecule has 1 unspecified atom stereocenters. The van der Waals surface area contributed by atoms with Crippen LogP contribution in [0.15, 0.2) is 49.0 Å². The van der Waals surface area contributed by atoms with Crippen LogP contribution in [0.3, 0.4) is 0 Å². The van der Waals surface area contributed by atoms with Crippen LogP contribution in [-0.2, 0) is 11.2 Å². The van der Waals surface area contributed by atoms with Gasteiger partial charge in [-0.2, -0.15) is 0 Å². The van der Waals surface area contributed by atoms with Gasteiger partial charge >= 0.3 is 6.09 Å². The average Bonchev–Trinajstić information content (AvgIpc) is 2.73. The van der Waals surface area contributed by atoms with Crippen LogP contribution in [-0.4, -0.2) is 42.0 Å². The van der Waals surface area contributed by atoms with Crippen molar-refractivity contribution in [1.29, 1.82) is 0 Å². The van der Waals surface area contributed by atoms with E-state index in [1.807, 2.05) is 20.8 Å². The Morgan fingerprint density at radius 1 is 1.21 bits per heavy atom. The molecule has 1 aliphatic heterocycles. The Kier molecular flexibility index (Phi) is 8.37. The Labute approximate surface area is 207 Å². The molecule has 0 radical (unpaired) electrons. The lowest BCUT2D eigenvalue weighted by molar-refractivity contribution is 0.0497. The van der Waals surface area contributed by atoms with Crippen molar-refractivity contribution in [1.82, 2.24) is 10.6 Å². The molecule has 3 rings (SSSR count). The number of carbonyl (C=O) groups excluding carboxylic acids is 1. The van der Waals surface area contributed by atoms with Gasteiger partial charge in [-0.05, 0) is 76.8 Å². The summed E-state index contributed by atoms with van der Waals surface area (Å²) in [6, 6.07) is 13.9. The maximum atomic E-state index is 12.0. The number of benzene rings is 2. The summed E-state index contributed by atoms with van der Waals surface area (Å²) < 4.78 is 5.36. The molecule has 0 aliphatic carbocycles. The second kappa shape index (κ2) is 11.0. The number of phenols is 1. The number of piperidine rings is 1. The molecule has 1 aliphatic rings. The Hall–Kier alpha value is -2.86. The zero-order valence-corrected chi connectivity index (χ0v) is 21.3. The molecule has 1 heterocycles. The molecule has 0 aromatic heterocycles. The van der Waals surface area contributed by atoms with Gasteiger partial charge in [0.25, 0.3) is 0 Å². The van der Waals surface area contributed by atoms with Crippen molar-refractivity contribution in [2.75, 3.05) is 18.0 Å². The van der Waals surface area contributed by atoms with Crippen molar-refractivity contribution >= 4 is 29.1 Å². The summed E-state index contributed by atoms with van der Waals surface area (Å²) >= 11 is 6.23. The zero-order chi connectivity index (χ0) is 24.9. The van der Waals surface area contributed by atoms with Gasteiger partial charge in [0.1, 0.15) is 11.4 Å². The number of hydrogen-bond acceptors (Lipinski definition) is 5. The van der Waals surface area contributed by atoms with E-state index in [0.29, 0.717) is 16.3 Å². The van der Waals surface area contributed by atoms with Gasteiger partial charge < -0.3 is 25.4 Å². The number of hydrogen-bond donors (Lipinski definition) is 3. The largest absolute Gasteiger partial charge is 0.507 e. The second-order valence-corrected chi connectivity index (χ2v) is 10.3. The fourth-order valence-corrected chi connectivity index (χ4v) is 4.47. The number of amides is 1. The molecule has 7 heteroatoms. The first kappa shape index (κ1) is 25.8. The van der Waals surface area contributed by atoms with E-state index < -0.39 is 5.60 Å². The summed E-state index contributed by atoms with van der Waals surface area (Å²) in [5.74, 6) is 0.117. The van der Waals surface area contributed by atoms with Crippen molar-refractivity contribution in [3.8, 4) is 5.75 Å². The van der Waals surface area contributed by atoms with E-state index in [-0.39, 0.29) is 23.9 Å². The molecule has 2 aromatic rings. The van der Waals surface area contributed by atoms with Gasteiger partial charge in [0.05, 0.1) is 10.6 Å². The molecule has 0 bridgehead atoms. The Morgan fingerprint density at radius 2 is 1.85 bits per heavy atom. The smallest absolute Gasteiger partial charge is 0.407 e. The lowest BCUT2D eigenvalue weighted by Gasteiger charge is -2.34. The zero-order valence-electron chi connectivity index (χ0n) is 20.5. The summed E-state index contributed by atoms with van der Waals surface area (Å²) in [5.41, 5.74) is 3.06. The number of rotatable bonds is 7. The number of ether oxygens (including phenoxy) is 1. The van der Waals surface area contributed by atoms with Crippen LogP contribution < -0.4 is 15.5 Å². The molecule has 3 N–H and O–H groups in total. The van der Waals surface area contributed by atoms with Gasteiger partial charge in [0.15, 0.2) is 0 Å². The minimum Gasteiger partial charge on any atom is -0.507 e. The molecule has 1 amide bonds. The van der Waals surface area contributed by atoms with Crippen molar-refractivity contribution < 1.29 is 14.6 Å². The number of phenolic OH excluding ortho intramolecular Hbond substituents is 1. The lowest BCUT2D eigenvalue weighted by Crippen LogP contribution is -2.46. The molecule has 2 aromatic carbocycles. The number of aromatic hydroxyl groups is 1. The molecule has 1 fully saturated rings. The van der Waals surface area contributed by atoms with E-state index in [2.05, 4.69) is 53.3 Å². The Morgan fingerprint density at radius 3 is 2.44 bits per heavy atom. The Bertz CT molecular complexity index is 973. The molecule has 184 valence electrons. The van der Waals surface area contributed by atoms with Crippen LogP contribution >= 0.6 is 11.6 Å². The molecule has 34 heavy (non-hydrogen) atoms. The predicted octanol–water partition coefficient (Wildman–Crippen LogP) is 5.73. The highest BCUT2D eigenvalue weighted by Gasteiger charge is 2.23. The first-order valence-electron chi connectivity index (χ1n) is 11.8. The SMILES string of the molecule is C=C(NC(C)Cc1ccc(N2CCC(NC(=O)OC(C)(C)C)CC2)cc1)c1c(O)cccc1Cl. The lowest BCUT2D eigenvalue weighted by atomic mass is 10.0. The third-order valence-corrected chi connectivity index (χ3v) is 6.09. The van der Waals surface area contributed by atoms with E-state index in [9.17, 15) is 9.90 Å². The van der Waals surface area contributed by atoms with E-state index >= 15 is 0 Å². The van der Waals surface area contributed by atoms with Crippen LogP contribution in [0.2, 0.25) is 5.02 Å². The predicted molar refractivity (Wildman–Crippen MR) is 139 cm³/mol. The van der Waals surface area contributed by atoms with E-state index in [0.717, 1.165) is 32.4 Å². The summed E-state index contributed by atoms with van der Waals surface area (Å²) in [4.78, 5) is 14.4. The average molecular weight is 486 g/mol. The Balaban J connectivity index is 1.48. The van der Waals surface area contributed by atoms with Crippen LogP contribution in [0.4, 0.5) is 10.5 Å². The van der Waals surface area contributed by atoms with Gasteiger partial charge in [0.2, 0.25) is 0 Å². The van der Waals surface area contributed by atoms with Crippen LogP contribution in [0, 0.1) is 0 Å². The first-order valence-corrected chi connectivity index (χ1v) is 12.2. The highest BCUT2D eigenvalue weighted by molar-refractivity contribution is 6.32. The molecular weight excluding hydrogens is 450 g/mol. The fourth-order valence-electron chi connectivity index (χ4n) is 4.18. The van der Waals surface area contributed by atoms with E-state index in [1.165, 1.54) is 11.3 Å². The van der Waals surface area contributed by atoms with E-state index in [4.69, 9.17) is 16.3 Å². The maximum absolute atomic E-state index is 12.0. The number of nitrogens with zero attached hydrogens (tertiary/aromatic N) is 1. The number of carbonyl (C=O) groups is 1. The van der Waals surface area contributed by atoms with Crippen LogP contribution in [0.1, 0.15) is 51.7 Å². The number of alkyl carbamates (subject to hydrolysis) is 1. The number of anilines is 1. The molecule has 0 saturated carbocycles. The molecule has 6 nitrogen and oxygen atoms in total.